The van der Waals surface area contributed by atoms with Gasteiger partial charge in [-0.05, 0) is 24.3 Å². The highest BCUT2D eigenvalue weighted by molar-refractivity contribution is 7.99. The van der Waals surface area contributed by atoms with Crippen molar-refractivity contribution in [2.75, 3.05) is 17.9 Å². The topological polar surface area (TPSA) is 105 Å². The molecule has 0 spiro atoms. The number of ether oxygens (including phenoxy) is 2. The molecular formula is C17H14N4O4S. The maximum atomic E-state index is 11.9. The largest absolute Gasteiger partial charge is 0.454 e. The van der Waals surface area contributed by atoms with E-state index < -0.39 is 11.9 Å². The Morgan fingerprint density at radius 1 is 1.15 bits per heavy atom. The molecule has 0 aliphatic carbocycles. The Morgan fingerprint density at radius 2 is 2.00 bits per heavy atom. The number of nitrogens with zero attached hydrogens (tertiary/aromatic N) is 1. The van der Waals surface area contributed by atoms with E-state index in [4.69, 9.17) is 9.47 Å². The number of carbonyl (C=O) groups is 2. The van der Waals surface area contributed by atoms with Crippen LogP contribution >= 0.6 is 11.8 Å². The predicted molar refractivity (Wildman–Crippen MR) is 96.5 cm³/mol. The van der Waals surface area contributed by atoms with Crippen molar-refractivity contribution in [1.82, 2.24) is 15.3 Å². The Hall–Kier alpha value is -3.20. The number of para-hydroxylation sites is 2. The van der Waals surface area contributed by atoms with E-state index in [1.807, 2.05) is 24.3 Å². The summed E-state index contributed by atoms with van der Waals surface area (Å²) in [5.74, 6) is 0.812. The van der Waals surface area contributed by atoms with E-state index in [1.165, 1.54) is 11.8 Å². The van der Waals surface area contributed by atoms with E-state index in [2.05, 4.69) is 20.6 Å². The van der Waals surface area contributed by atoms with Crippen LogP contribution in [0.2, 0.25) is 0 Å². The van der Waals surface area contributed by atoms with Crippen LogP contribution in [0.4, 0.5) is 10.5 Å². The molecular weight excluding hydrogens is 356 g/mol. The van der Waals surface area contributed by atoms with Gasteiger partial charge < -0.3 is 19.8 Å². The number of aromatic amines is 1. The first-order chi connectivity index (χ1) is 12.7. The van der Waals surface area contributed by atoms with Crippen molar-refractivity contribution >= 4 is 40.4 Å². The third kappa shape index (κ3) is 3.57. The number of imide groups is 1. The summed E-state index contributed by atoms with van der Waals surface area (Å²) >= 11 is 1.22. The molecule has 26 heavy (non-hydrogen) atoms. The van der Waals surface area contributed by atoms with Crippen molar-refractivity contribution in [2.24, 2.45) is 0 Å². The van der Waals surface area contributed by atoms with Crippen LogP contribution in [0.3, 0.4) is 0 Å². The number of rotatable bonds is 4. The number of hydrogen-bond donors (Lipinski definition) is 3. The summed E-state index contributed by atoms with van der Waals surface area (Å²) < 4.78 is 10.4. The molecule has 132 valence electrons. The lowest BCUT2D eigenvalue weighted by Gasteiger charge is -2.07. The van der Waals surface area contributed by atoms with Gasteiger partial charge in [0.25, 0.3) is 0 Å². The van der Waals surface area contributed by atoms with E-state index in [9.17, 15) is 9.59 Å². The second-order valence-electron chi connectivity index (χ2n) is 5.42. The quantitative estimate of drug-likeness (QED) is 0.610. The minimum atomic E-state index is -0.612. The molecule has 0 bridgehead atoms. The van der Waals surface area contributed by atoms with Gasteiger partial charge in [0, 0.05) is 11.8 Å². The second kappa shape index (κ2) is 6.96. The van der Waals surface area contributed by atoms with Gasteiger partial charge in [0.05, 0.1) is 16.8 Å². The standard InChI is InChI=1S/C17H14N4O4S/c22-15(8-26-17-19-11-3-1-2-4-12(11)20-17)21-16(23)18-10-5-6-13-14(7-10)25-9-24-13/h1-7H,8-9H2,(H,19,20)(H2,18,21,22,23). The van der Waals surface area contributed by atoms with Crippen LogP contribution < -0.4 is 20.1 Å². The molecule has 0 atom stereocenters. The lowest BCUT2D eigenvalue weighted by atomic mass is 10.3. The molecule has 0 fully saturated rings. The fourth-order valence-electron chi connectivity index (χ4n) is 2.43. The Bertz CT molecular complexity index is 955. The van der Waals surface area contributed by atoms with Gasteiger partial charge in [-0.15, -0.1) is 0 Å². The number of imidazole rings is 1. The fraction of sp³-hybridized carbons (Fsp3) is 0.118. The second-order valence-corrected chi connectivity index (χ2v) is 6.38. The van der Waals surface area contributed by atoms with Crippen LogP contribution in [-0.2, 0) is 4.79 Å². The van der Waals surface area contributed by atoms with E-state index >= 15 is 0 Å². The van der Waals surface area contributed by atoms with Crippen LogP contribution in [0.5, 0.6) is 11.5 Å². The summed E-state index contributed by atoms with van der Waals surface area (Å²) in [6, 6.07) is 12.0. The molecule has 0 unspecified atom stereocenters. The summed E-state index contributed by atoms with van der Waals surface area (Å²) in [6.07, 6.45) is 0. The number of nitrogens with one attached hydrogen (secondary N) is 3. The number of anilines is 1. The molecule has 1 aromatic heterocycles. The van der Waals surface area contributed by atoms with Gasteiger partial charge in [-0.1, -0.05) is 23.9 Å². The van der Waals surface area contributed by atoms with E-state index in [-0.39, 0.29) is 12.5 Å². The minimum absolute atomic E-state index is 0.0639. The summed E-state index contributed by atoms with van der Waals surface area (Å²) in [7, 11) is 0. The monoisotopic (exact) mass is 370 g/mol. The van der Waals surface area contributed by atoms with Gasteiger partial charge in [0.15, 0.2) is 16.7 Å². The Balaban J connectivity index is 1.29. The Kier molecular flexibility index (Phi) is 4.36. The summed E-state index contributed by atoms with van der Waals surface area (Å²) in [4.78, 5) is 31.3. The molecule has 1 aliphatic rings. The van der Waals surface area contributed by atoms with Gasteiger partial charge in [-0.25, -0.2) is 9.78 Å². The molecule has 3 amide bonds. The lowest BCUT2D eigenvalue weighted by molar-refractivity contribution is -0.117. The maximum absolute atomic E-state index is 11.9. The molecule has 8 nitrogen and oxygen atoms in total. The van der Waals surface area contributed by atoms with E-state index in [0.29, 0.717) is 22.3 Å². The van der Waals surface area contributed by atoms with Gasteiger partial charge in [0.1, 0.15) is 0 Å². The average Bonchev–Trinajstić information content (AvgIpc) is 3.25. The zero-order valence-corrected chi connectivity index (χ0v) is 14.3. The molecule has 1 aliphatic heterocycles. The van der Waals surface area contributed by atoms with Crippen molar-refractivity contribution in [3.05, 3.63) is 42.5 Å². The van der Waals surface area contributed by atoms with Crippen LogP contribution in [-0.4, -0.2) is 34.5 Å². The van der Waals surface area contributed by atoms with E-state index in [0.717, 1.165) is 11.0 Å². The summed E-state index contributed by atoms with van der Waals surface area (Å²) in [6.45, 7) is 0.155. The van der Waals surface area contributed by atoms with Crippen molar-refractivity contribution in [3.8, 4) is 11.5 Å². The third-order valence-electron chi connectivity index (χ3n) is 3.59. The Labute approximate surface area is 152 Å². The highest BCUT2D eigenvalue weighted by atomic mass is 32.2. The number of aromatic nitrogens is 2. The first kappa shape index (κ1) is 16.3. The molecule has 9 heteroatoms. The van der Waals surface area contributed by atoms with E-state index in [1.54, 1.807) is 18.2 Å². The molecule has 0 saturated heterocycles. The number of carbonyl (C=O) groups excluding carboxylic acids is 2. The number of H-pyrrole nitrogens is 1. The first-order valence-electron chi connectivity index (χ1n) is 7.75. The molecule has 3 N–H and O–H groups in total. The molecule has 3 aromatic rings. The maximum Gasteiger partial charge on any atom is 0.325 e. The molecule has 2 heterocycles. The first-order valence-corrected chi connectivity index (χ1v) is 8.74. The van der Waals surface area contributed by atoms with Crippen LogP contribution in [0.1, 0.15) is 0 Å². The molecule has 4 rings (SSSR count). The zero-order chi connectivity index (χ0) is 17.9. The van der Waals surface area contributed by atoms with Crippen LogP contribution in [0.25, 0.3) is 11.0 Å². The number of benzene rings is 2. The number of urea groups is 1. The number of thioether (sulfide) groups is 1. The van der Waals surface area contributed by atoms with Crippen LogP contribution in [0.15, 0.2) is 47.6 Å². The van der Waals surface area contributed by atoms with Gasteiger partial charge in [-0.2, -0.15) is 0 Å². The third-order valence-corrected chi connectivity index (χ3v) is 4.46. The zero-order valence-electron chi connectivity index (χ0n) is 13.4. The van der Waals surface area contributed by atoms with Gasteiger partial charge in [-0.3, -0.25) is 10.1 Å². The smallest absolute Gasteiger partial charge is 0.325 e. The highest BCUT2D eigenvalue weighted by Gasteiger charge is 2.15. The lowest BCUT2D eigenvalue weighted by Crippen LogP contribution is -2.35. The van der Waals surface area contributed by atoms with Gasteiger partial charge in [0.2, 0.25) is 12.7 Å². The van der Waals surface area contributed by atoms with Crippen LogP contribution in [0, 0.1) is 0 Å². The highest BCUT2D eigenvalue weighted by Crippen LogP contribution is 2.34. The van der Waals surface area contributed by atoms with Gasteiger partial charge >= 0.3 is 6.03 Å². The molecule has 0 saturated carbocycles. The number of amides is 3. The van der Waals surface area contributed by atoms with Crippen molar-refractivity contribution in [2.45, 2.75) is 5.16 Å². The Morgan fingerprint density at radius 3 is 2.88 bits per heavy atom. The SMILES string of the molecule is O=C(CSc1nc2ccccc2[nH]1)NC(=O)Nc1ccc2c(c1)OCO2. The minimum Gasteiger partial charge on any atom is -0.454 e. The summed E-state index contributed by atoms with van der Waals surface area (Å²) in [5.41, 5.74) is 2.23. The predicted octanol–water partition coefficient (Wildman–Crippen LogP) is 2.73. The van der Waals surface area contributed by atoms with Crippen molar-refractivity contribution in [3.63, 3.8) is 0 Å². The fourth-order valence-corrected chi connectivity index (χ4v) is 3.12. The number of fused-ring (bicyclic) bond motifs is 2. The normalized spacial score (nSPS) is 12.2. The van der Waals surface area contributed by atoms with Crippen molar-refractivity contribution in [1.29, 1.82) is 0 Å². The summed E-state index contributed by atoms with van der Waals surface area (Å²) in [5, 5.41) is 5.48. The molecule has 2 aromatic carbocycles. The average molecular weight is 370 g/mol. The number of hydrogen-bond acceptors (Lipinski definition) is 6. The van der Waals surface area contributed by atoms with Crippen molar-refractivity contribution < 1.29 is 19.1 Å². The molecule has 0 radical (unpaired) electrons.